The van der Waals surface area contributed by atoms with Crippen LogP contribution in [0.2, 0.25) is 5.02 Å². The second-order valence-corrected chi connectivity index (χ2v) is 5.90. The Hall–Kier alpha value is -0.640. The predicted octanol–water partition coefficient (Wildman–Crippen LogP) is 3.96. The van der Waals surface area contributed by atoms with Crippen molar-refractivity contribution in [3.05, 3.63) is 34.6 Å². The molecule has 2 nitrogen and oxygen atoms in total. The zero-order chi connectivity index (χ0) is 14.4. The van der Waals surface area contributed by atoms with Gasteiger partial charge >= 0.3 is 0 Å². The minimum absolute atomic E-state index is 0.215. The smallest absolute Gasteiger partial charge is 0.127 e. The largest absolute Gasteiger partial charge is 0.378 e. The predicted molar refractivity (Wildman–Crippen MR) is 80.8 cm³/mol. The molecule has 1 aliphatic heterocycles. The summed E-state index contributed by atoms with van der Waals surface area (Å²) in [4.78, 5) is 0. The highest BCUT2D eigenvalue weighted by Crippen LogP contribution is 2.21. The zero-order valence-corrected chi connectivity index (χ0v) is 12.8. The first-order valence-electron chi connectivity index (χ1n) is 7.48. The van der Waals surface area contributed by atoms with Crippen molar-refractivity contribution in [1.29, 1.82) is 0 Å². The lowest BCUT2D eigenvalue weighted by atomic mass is 9.99. The number of ether oxygens (including phenoxy) is 1. The molecule has 4 heteroatoms. The molecule has 1 fully saturated rings. The van der Waals surface area contributed by atoms with Crippen molar-refractivity contribution >= 4 is 11.6 Å². The number of nitrogens with one attached hydrogen (secondary N) is 1. The Labute approximate surface area is 125 Å². The molecule has 20 heavy (non-hydrogen) atoms. The topological polar surface area (TPSA) is 21.3 Å². The molecule has 0 aromatic heterocycles. The highest BCUT2D eigenvalue weighted by Gasteiger charge is 2.21. The number of halogens is 2. The van der Waals surface area contributed by atoms with E-state index in [0.717, 1.165) is 44.4 Å². The molecule has 1 aromatic carbocycles. The van der Waals surface area contributed by atoms with Gasteiger partial charge in [-0.15, -0.1) is 0 Å². The van der Waals surface area contributed by atoms with Crippen LogP contribution in [0.15, 0.2) is 18.2 Å². The molecule has 112 valence electrons. The van der Waals surface area contributed by atoms with E-state index in [4.69, 9.17) is 16.3 Å². The molecular formula is C16H23ClFNO. The summed E-state index contributed by atoms with van der Waals surface area (Å²) >= 11 is 5.80. The summed E-state index contributed by atoms with van der Waals surface area (Å²) in [5.41, 5.74) is 0.723. The second kappa shape index (κ2) is 7.96. The molecule has 2 unspecified atom stereocenters. The maximum absolute atomic E-state index is 13.9. The van der Waals surface area contributed by atoms with E-state index in [-0.39, 0.29) is 11.9 Å². The summed E-state index contributed by atoms with van der Waals surface area (Å²) in [7, 11) is 0. The van der Waals surface area contributed by atoms with Gasteiger partial charge < -0.3 is 10.1 Å². The summed E-state index contributed by atoms with van der Waals surface area (Å²) in [5.74, 6) is -0.215. The maximum Gasteiger partial charge on any atom is 0.127 e. The van der Waals surface area contributed by atoms with Crippen molar-refractivity contribution < 1.29 is 9.13 Å². The van der Waals surface area contributed by atoms with E-state index in [1.165, 1.54) is 6.07 Å². The molecule has 1 N–H and O–H groups in total. The van der Waals surface area contributed by atoms with Gasteiger partial charge in [0.15, 0.2) is 0 Å². The molecule has 2 atom stereocenters. The minimum atomic E-state index is -0.215. The first kappa shape index (κ1) is 15.7. The molecule has 2 rings (SSSR count). The first-order chi connectivity index (χ1) is 9.69. The fourth-order valence-corrected chi connectivity index (χ4v) is 2.85. The zero-order valence-electron chi connectivity index (χ0n) is 12.0. The molecule has 0 saturated carbocycles. The summed E-state index contributed by atoms with van der Waals surface area (Å²) in [6.07, 6.45) is 5.28. The molecular weight excluding hydrogens is 277 g/mol. The maximum atomic E-state index is 13.9. The second-order valence-electron chi connectivity index (χ2n) is 5.46. The van der Waals surface area contributed by atoms with E-state index in [9.17, 15) is 4.39 Å². The van der Waals surface area contributed by atoms with E-state index in [1.54, 1.807) is 12.1 Å². The lowest BCUT2D eigenvalue weighted by Gasteiger charge is -2.22. The number of rotatable bonds is 7. The third-order valence-electron chi connectivity index (χ3n) is 3.74. The number of hydrogen-bond donors (Lipinski definition) is 1. The van der Waals surface area contributed by atoms with Crippen molar-refractivity contribution in [3.63, 3.8) is 0 Å². The molecule has 0 bridgehead atoms. The fraction of sp³-hybridized carbons (Fsp3) is 0.625. The van der Waals surface area contributed by atoms with Crippen LogP contribution < -0.4 is 5.32 Å². The van der Waals surface area contributed by atoms with Crippen molar-refractivity contribution in [2.45, 2.75) is 51.2 Å². The van der Waals surface area contributed by atoms with Crippen LogP contribution in [0.1, 0.15) is 38.2 Å². The molecule has 0 spiro atoms. The van der Waals surface area contributed by atoms with Gasteiger partial charge in [0.25, 0.3) is 0 Å². The normalized spacial score (nSPS) is 20.2. The standard InChI is InChI=1S/C16H23ClFNO/c1-2-7-19-14(11-15-4-3-8-20-15)9-12-5-6-13(17)10-16(12)18/h5-6,10,14-15,19H,2-4,7-9,11H2,1H3. The van der Waals surface area contributed by atoms with Crippen molar-refractivity contribution in [1.82, 2.24) is 5.32 Å². The van der Waals surface area contributed by atoms with Crippen molar-refractivity contribution in [3.8, 4) is 0 Å². The van der Waals surface area contributed by atoms with Crippen LogP contribution in [-0.4, -0.2) is 25.3 Å². The Bertz CT molecular complexity index is 421. The van der Waals surface area contributed by atoms with Gasteiger partial charge in [0.2, 0.25) is 0 Å². The average molecular weight is 300 g/mol. The molecule has 1 saturated heterocycles. The first-order valence-corrected chi connectivity index (χ1v) is 7.85. The molecule has 0 radical (unpaired) electrons. The average Bonchev–Trinajstić information content (AvgIpc) is 2.92. The van der Waals surface area contributed by atoms with Gasteiger partial charge in [-0.2, -0.15) is 0 Å². The van der Waals surface area contributed by atoms with Crippen LogP contribution in [0.4, 0.5) is 4.39 Å². The molecule has 0 amide bonds. The van der Waals surface area contributed by atoms with E-state index in [1.807, 2.05) is 0 Å². The summed E-state index contributed by atoms with van der Waals surface area (Å²) in [6, 6.07) is 5.19. The lowest BCUT2D eigenvalue weighted by Crippen LogP contribution is -2.35. The van der Waals surface area contributed by atoms with Gasteiger partial charge in [0, 0.05) is 17.7 Å². The van der Waals surface area contributed by atoms with Crippen LogP contribution in [-0.2, 0) is 11.2 Å². The minimum Gasteiger partial charge on any atom is -0.378 e. The fourth-order valence-electron chi connectivity index (χ4n) is 2.69. The van der Waals surface area contributed by atoms with E-state index >= 15 is 0 Å². The monoisotopic (exact) mass is 299 g/mol. The van der Waals surface area contributed by atoms with Gasteiger partial charge in [-0.1, -0.05) is 24.6 Å². The van der Waals surface area contributed by atoms with Crippen LogP contribution in [0, 0.1) is 5.82 Å². The van der Waals surface area contributed by atoms with Crippen LogP contribution >= 0.6 is 11.6 Å². The third-order valence-corrected chi connectivity index (χ3v) is 3.97. The molecule has 1 aliphatic rings. The van der Waals surface area contributed by atoms with Gasteiger partial charge in [0.1, 0.15) is 5.82 Å². The Kier molecular flexibility index (Phi) is 6.27. The molecule has 1 heterocycles. The number of hydrogen-bond acceptors (Lipinski definition) is 2. The lowest BCUT2D eigenvalue weighted by molar-refractivity contribution is 0.0945. The van der Waals surface area contributed by atoms with E-state index in [2.05, 4.69) is 12.2 Å². The summed E-state index contributed by atoms with van der Waals surface area (Å²) in [6.45, 7) is 3.95. The highest BCUT2D eigenvalue weighted by atomic mass is 35.5. The SMILES string of the molecule is CCCNC(Cc1ccc(Cl)cc1F)CC1CCCO1. The molecule has 1 aromatic rings. The Morgan fingerprint density at radius 1 is 1.50 bits per heavy atom. The van der Waals surface area contributed by atoms with Crippen molar-refractivity contribution in [2.24, 2.45) is 0 Å². The van der Waals surface area contributed by atoms with Crippen LogP contribution in [0.3, 0.4) is 0 Å². The van der Waals surface area contributed by atoms with Gasteiger partial charge in [-0.05, 0) is 56.3 Å². The van der Waals surface area contributed by atoms with Gasteiger partial charge in [-0.3, -0.25) is 0 Å². The van der Waals surface area contributed by atoms with Crippen LogP contribution in [0.5, 0.6) is 0 Å². The Balaban J connectivity index is 1.97. The third kappa shape index (κ3) is 4.72. The van der Waals surface area contributed by atoms with E-state index < -0.39 is 0 Å². The van der Waals surface area contributed by atoms with Crippen molar-refractivity contribution in [2.75, 3.05) is 13.2 Å². The number of benzene rings is 1. The quantitative estimate of drug-likeness (QED) is 0.823. The van der Waals surface area contributed by atoms with Gasteiger partial charge in [-0.25, -0.2) is 4.39 Å². The highest BCUT2D eigenvalue weighted by molar-refractivity contribution is 6.30. The molecule has 0 aliphatic carbocycles. The van der Waals surface area contributed by atoms with Gasteiger partial charge in [0.05, 0.1) is 6.10 Å². The van der Waals surface area contributed by atoms with E-state index in [0.29, 0.717) is 17.5 Å². The van der Waals surface area contributed by atoms with Crippen LogP contribution in [0.25, 0.3) is 0 Å². The summed E-state index contributed by atoms with van der Waals surface area (Å²) in [5, 5.41) is 3.95. The summed E-state index contributed by atoms with van der Waals surface area (Å²) < 4.78 is 19.6. The Morgan fingerprint density at radius 2 is 2.35 bits per heavy atom. The Morgan fingerprint density at radius 3 is 3.00 bits per heavy atom.